The molecular formula is C19H30N4. The minimum atomic E-state index is 0.730. The Bertz CT molecular complexity index is 653. The van der Waals surface area contributed by atoms with Crippen molar-refractivity contribution in [2.45, 2.75) is 52.5 Å². The molecule has 0 atom stereocenters. The summed E-state index contributed by atoms with van der Waals surface area (Å²) in [6.45, 7) is 9.77. The first-order chi connectivity index (χ1) is 11.2. The number of benzene rings is 1. The van der Waals surface area contributed by atoms with Crippen LogP contribution in [-0.2, 0) is 13.0 Å². The van der Waals surface area contributed by atoms with Gasteiger partial charge in [0.25, 0.3) is 0 Å². The van der Waals surface area contributed by atoms with Crippen LogP contribution in [0.2, 0.25) is 0 Å². The molecule has 126 valence electrons. The highest BCUT2D eigenvalue weighted by Crippen LogP contribution is 2.22. The van der Waals surface area contributed by atoms with E-state index in [4.69, 9.17) is 10.7 Å². The number of nitrogens with zero attached hydrogens (tertiary/aromatic N) is 3. The quantitative estimate of drug-likeness (QED) is 0.891. The van der Waals surface area contributed by atoms with Crippen LogP contribution < -0.4 is 5.73 Å². The Kier molecular flexibility index (Phi) is 5.34. The van der Waals surface area contributed by atoms with Crippen molar-refractivity contribution in [2.75, 3.05) is 26.2 Å². The highest BCUT2D eigenvalue weighted by molar-refractivity contribution is 5.78. The molecule has 1 fully saturated rings. The van der Waals surface area contributed by atoms with Gasteiger partial charge < -0.3 is 15.2 Å². The van der Waals surface area contributed by atoms with Gasteiger partial charge in [-0.05, 0) is 76.0 Å². The van der Waals surface area contributed by atoms with Crippen molar-refractivity contribution in [3.8, 4) is 0 Å². The van der Waals surface area contributed by atoms with Crippen molar-refractivity contribution in [2.24, 2.45) is 5.73 Å². The molecular weight excluding hydrogens is 284 g/mol. The Labute approximate surface area is 139 Å². The second kappa shape index (κ2) is 7.45. The third-order valence-electron chi connectivity index (χ3n) is 5.14. The molecule has 1 aromatic carbocycles. The molecule has 1 aliphatic rings. The van der Waals surface area contributed by atoms with Gasteiger partial charge in [0.2, 0.25) is 0 Å². The first-order valence-corrected chi connectivity index (χ1v) is 9.08. The molecule has 0 amide bonds. The molecule has 2 heterocycles. The van der Waals surface area contributed by atoms with Gasteiger partial charge in [0.15, 0.2) is 0 Å². The Hall–Kier alpha value is -1.39. The summed E-state index contributed by atoms with van der Waals surface area (Å²) >= 11 is 0. The van der Waals surface area contributed by atoms with Crippen LogP contribution in [-0.4, -0.2) is 40.6 Å². The van der Waals surface area contributed by atoms with E-state index in [1.165, 1.54) is 54.8 Å². The van der Waals surface area contributed by atoms with Crippen LogP contribution >= 0.6 is 0 Å². The van der Waals surface area contributed by atoms with E-state index >= 15 is 0 Å². The minimum Gasteiger partial charge on any atom is -0.330 e. The van der Waals surface area contributed by atoms with Gasteiger partial charge in [-0.25, -0.2) is 4.98 Å². The van der Waals surface area contributed by atoms with E-state index in [0.29, 0.717) is 0 Å². The largest absolute Gasteiger partial charge is 0.330 e. The molecule has 0 radical (unpaired) electrons. The van der Waals surface area contributed by atoms with Crippen molar-refractivity contribution in [1.29, 1.82) is 0 Å². The molecule has 2 aromatic rings. The summed E-state index contributed by atoms with van der Waals surface area (Å²) in [4.78, 5) is 7.51. The van der Waals surface area contributed by atoms with E-state index in [1.807, 2.05) is 0 Å². The van der Waals surface area contributed by atoms with Crippen LogP contribution in [0, 0.1) is 13.8 Å². The highest BCUT2D eigenvalue weighted by atomic mass is 15.2. The Morgan fingerprint density at radius 1 is 1.04 bits per heavy atom. The molecule has 4 heteroatoms. The van der Waals surface area contributed by atoms with Crippen LogP contribution in [0.4, 0.5) is 0 Å². The molecule has 3 rings (SSSR count). The fraction of sp³-hybridized carbons (Fsp3) is 0.632. The third kappa shape index (κ3) is 3.75. The van der Waals surface area contributed by atoms with Crippen molar-refractivity contribution in [1.82, 2.24) is 14.5 Å². The summed E-state index contributed by atoms with van der Waals surface area (Å²) in [5.41, 5.74) is 10.8. The Balaban J connectivity index is 1.86. The summed E-state index contributed by atoms with van der Waals surface area (Å²) in [6, 6.07) is 4.54. The van der Waals surface area contributed by atoms with Crippen molar-refractivity contribution >= 4 is 11.0 Å². The minimum absolute atomic E-state index is 0.730. The van der Waals surface area contributed by atoms with E-state index in [-0.39, 0.29) is 0 Å². The summed E-state index contributed by atoms with van der Waals surface area (Å²) in [5.74, 6) is 1.20. The molecule has 1 saturated heterocycles. The zero-order valence-corrected chi connectivity index (χ0v) is 14.6. The lowest BCUT2D eigenvalue weighted by Crippen LogP contribution is -2.32. The smallest absolute Gasteiger partial charge is 0.109 e. The normalized spacial score (nSPS) is 16.3. The van der Waals surface area contributed by atoms with Gasteiger partial charge in [0, 0.05) is 19.5 Å². The number of likely N-dealkylation sites (tertiary alicyclic amines) is 1. The summed E-state index contributed by atoms with van der Waals surface area (Å²) in [6.07, 6.45) is 6.07. The summed E-state index contributed by atoms with van der Waals surface area (Å²) in [5, 5.41) is 0. The predicted octanol–water partition coefficient (Wildman–Crippen LogP) is 3.03. The molecule has 4 nitrogen and oxygen atoms in total. The van der Waals surface area contributed by atoms with Gasteiger partial charge in [-0.15, -0.1) is 0 Å². The number of piperidine rings is 1. The topological polar surface area (TPSA) is 47.1 Å². The SMILES string of the molecule is Cc1cc2nc(CCCN)n(CCN3CCCCC3)c2cc1C. The highest BCUT2D eigenvalue weighted by Gasteiger charge is 2.14. The lowest BCUT2D eigenvalue weighted by molar-refractivity contribution is 0.221. The molecule has 0 saturated carbocycles. The number of hydrogen-bond donors (Lipinski definition) is 1. The Morgan fingerprint density at radius 2 is 1.78 bits per heavy atom. The third-order valence-corrected chi connectivity index (χ3v) is 5.14. The molecule has 0 bridgehead atoms. The number of hydrogen-bond acceptors (Lipinski definition) is 3. The maximum absolute atomic E-state index is 5.71. The van der Waals surface area contributed by atoms with E-state index < -0.39 is 0 Å². The van der Waals surface area contributed by atoms with Gasteiger partial charge in [0.1, 0.15) is 5.82 Å². The number of imidazole rings is 1. The predicted molar refractivity (Wildman–Crippen MR) is 96.9 cm³/mol. The van der Waals surface area contributed by atoms with Gasteiger partial charge >= 0.3 is 0 Å². The first-order valence-electron chi connectivity index (χ1n) is 9.08. The van der Waals surface area contributed by atoms with Gasteiger partial charge in [0.05, 0.1) is 11.0 Å². The lowest BCUT2D eigenvalue weighted by Gasteiger charge is -2.26. The zero-order valence-electron chi connectivity index (χ0n) is 14.6. The van der Waals surface area contributed by atoms with Crippen molar-refractivity contribution < 1.29 is 0 Å². The van der Waals surface area contributed by atoms with E-state index in [0.717, 1.165) is 38.0 Å². The van der Waals surface area contributed by atoms with Crippen LogP contribution in [0.25, 0.3) is 11.0 Å². The van der Waals surface area contributed by atoms with Crippen LogP contribution in [0.1, 0.15) is 42.6 Å². The number of rotatable bonds is 6. The average molecular weight is 314 g/mol. The second-order valence-electron chi connectivity index (χ2n) is 6.90. The second-order valence-corrected chi connectivity index (χ2v) is 6.90. The molecule has 2 N–H and O–H groups in total. The molecule has 1 aromatic heterocycles. The molecule has 1 aliphatic heterocycles. The summed E-state index contributed by atoms with van der Waals surface area (Å²) < 4.78 is 2.44. The van der Waals surface area contributed by atoms with Crippen LogP contribution in [0.3, 0.4) is 0 Å². The molecule has 23 heavy (non-hydrogen) atoms. The first kappa shape index (κ1) is 16.5. The maximum atomic E-state index is 5.71. The van der Waals surface area contributed by atoms with Crippen molar-refractivity contribution in [3.05, 3.63) is 29.1 Å². The van der Waals surface area contributed by atoms with Crippen molar-refractivity contribution in [3.63, 3.8) is 0 Å². The Morgan fingerprint density at radius 3 is 2.52 bits per heavy atom. The lowest BCUT2D eigenvalue weighted by atomic mass is 10.1. The number of nitrogens with two attached hydrogens (primary N) is 1. The zero-order chi connectivity index (χ0) is 16.2. The average Bonchev–Trinajstić information content (AvgIpc) is 2.89. The standard InChI is InChI=1S/C19H30N4/c1-15-13-17-18(14-16(15)2)23(19(21-17)7-6-8-20)12-11-22-9-4-3-5-10-22/h13-14H,3-12,20H2,1-2H3. The maximum Gasteiger partial charge on any atom is 0.109 e. The number of fused-ring (bicyclic) bond motifs is 1. The van der Waals surface area contributed by atoms with Gasteiger partial charge in [-0.1, -0.05) is 6.42 Å². The monoisotopic (exact) mass is 314 g/mol. The number of aryl methyl sites for hydroxylation is 3. The molecule has 0 aliphatic carbocycles. The summed E-state index contributed by atoms with van der Waals surface area (Å²) in [7, 11) is 0. The van der Waals surface area contributed by atoms with Gasteiger partial charge in [-0.2, -0.15) is 0 Å². The van der Waals surface area contributed by atoms with E-state index in [9.17, 15) is 0 Å². The molecule has 0 unspecified atom stereocenters. The fourth-order valence-corrected chi connectivity index (χ4v) is 3.55. The number of aromatic nitrogens is 2. The van der Waals surface area contributed by atoms with Crippen LogP contribution in [0.15, 0.2) is 12.1 Å². The van der Waals surface area contributed by atoms with E-state index in [2.05, 4.69) is 35.4 Å². The van der Waals surface area contributed by atoms with E-state index in [1.54, 1.807) is 0 Å². The fourth-order valence-electron chi connectivity index (χ4n) is 3.55. The van der Waals surface area contributed by atoms with Gasteiger partial charge in [-0.3, -0.25) is 0 Å². The molecule has 0 spiro atoms. The van der Waals surface area contributed by atoms with Crippen LogP contribution in [0.5, 0.6) is 0 Å².